The highest BCUT2D eigenvalue weighted by Gasteiger charge is 2.27. The molecule has 0 aromatic heterocycles. The molecule has 4 nitrogen and oxygen atoms in total. The van der Waals surface area contributed by atoms with Crippen molar-refractivity contribution in [2.45, 2.75) is 45.6 Å². The topological polar surface area (TPSA) is 64.3 Å². The smallest absolute Gasteiger partial charge is 0.223 e. The molecule has 116 valence electrons. The average Bonchev–Trinajstić information content (AvgIpc) is 2.84. The molecule has 3 N–H and O–H groups in total. The number of nitrogens with two attached hydrogens (primary N) is 1. The zero-order chi connectivity index (χ0) is 15.2. The van der Waals surface area contributed by atoms with Crippen molar-refractivity contribution in [1.29, 1.82) is 0 Å². The third-order valence-corrected chi connectivity index (χ3v) is 4.10. The van der Waals surface area contributed by atoms with Crippen LogP contribution >= 0.6 is 0 Å². The van der Waals surface area contributed by atoms with Gasteiger partial charge in [-0.05, 0) is 62.4 Å². The summed E-state index contributed by atoms with van der Waals surface area (Å²) in [6.07, 6.45) is 3.72. The Morgan fingerprint density at radius 2 is 2.00 bits per heavy atom. The number of ether oxygens (including phenoxy) is 1. The number of benzene rings is 1. The number of nitrogens with one attached hydrogen (secondary N) is 1. The zero-order valence-corrected chi connectivity index (χ0v) is 13.0. The SMILES string of the molecule is Cc1cc(C)cc(OCCC(=O)NC2CCCC2CN)c1. The molecule has 1 aliphatic rings. The molecule has 4 heteroatoms. The van der Waals surface area contributed by atoms with Gasteiger partial charge in [-0.2, -0.15) is 0 Å². The molecule has 1 amide bonds. The van der Waals surface area contributed by atoms with Gasteiger partial charge in [0, 0.05) is 6.04 Å². The van der Waals surface area contributed by atoms with Gasteiger partial charge < -0.3 is 15.8 Å². The van der Waals surface area contributed by atoms with Gasteiger partial charge in [-0.15, -0.1) is 0 Å². The summed E-state index contributed by atoms with van der Waals surface area (Å²) in [5.41, 5.74) is 8.07. The Bertz CT molecular complexity index is 467. The second-order valence-electron chi connectivity index (χ2n) is 6.02. The summed E-state index contributed by atoms with van der Waals surface area (Å²) in [6, 6.07) is 6.34. The number of rotatable bonds is 6. The number of carbonyl (C=O) groups is 1. The molecule has 0 bridgehead atoms. The Morgan fingerprint density at radius 3 is 2.67 bits per heavy atom. The molecule has 1 fully saturated rings. The summed E-state index contributed by atoms with van der Waals surface area (Å²) in [6.45, 7) is 5.15. The van der Waals surface area contributed by atoms with E-state index in [1.165, 1.54) is 11.1 Å². The van der Waals surface area contributed by atoms with E-state index >= 15 is 0 Å². The Balaban J connectivity index is 1.74. The second kappa shape index (κ2) is 7.46. The van der Waals surface area contributed by atoms with Gasteiger partial charge >= 0.3 is 0 Å². The summed E-state index contributed by atoms with van der Waals surface area (Å²) in [7, 11) is 0. The van der Waals surface area contributed by atoms with Gasteiger partial charge in [0.25, 0.3) is 0 Å². The lowest BCUT2D eigenvalue weighted by atomic mass is 10.0. The summed E-state index contributed by atoms with van der Waals surface area (Å²) in [5, 5.41) is 3.09. The predicted molar refractivity (Wildman–Crippen MR) is 84.4 cm³/mol. The highest BCUT2D eigenvalue weighted by atomic mass is 16.5. The van der Waals surface area contributed by atoms with Crippen molar-refractivity contribution in [2.24, 2.45) is 11.7 Å². The van der Waals surface area contributed by atoms with E-state index in [1.54, 1.807) is 0 Å². The molecule has 21 heavy (non-hydrogen) atoms. The zero-order valence-electron chi connectivity index (χ0n) is 13.0. The number of amides is 1. The summed E-state index contributed by atoms with van der Waals surface area (Å²) in [4.78, 5) is 12.0. The maximum atomic E-state index is 12.0. The maximum absolute atomic E-state index is 12.0. The Hall–Kier alpha value is -1.55. The lowest BCUT2D eigenvalue weighted by Crippen LogP contribution is -2.40. The number of aryl methyl sites for hydroxylation is 2. The molecule has 0 saturated heterocycles. The van der Waals surface area contributed by atoms with Crippen LogP contribution in [0.25, 0.3) is 0 Å². The minimum Gasteiger partial charge on any atom is -0.493 e. The molecule has 1 aromatic rings. The number of carbonyl (C=O) groups excluding carboxylic acids is 1. The van der Waals surface area contributed by atoms with E-state index < -0.39 is 0 Å². The van der Waals surface area contributed by atoms with Crippen molar-refractivity contribution in [3.63, 3.8) is 0 Å². The van der Waals surface area contributed by atoms with E-state index in [2.05, 4.69) is 11.4 Å². The van der Waals surface area contributed by atoms with Crippen LogP contribution in [0, 0.1) is 19.8 Å². The standard InChI is InChI=1S/C17H26N2O2/c1-12-8-13(2)10-15(9-12)21-7-6-17(20)19-16-5-3-4-14(16)11-18/h8-10,14,16H,3-7,11,18H2,1-2H3,(H,19,20). The van der Waals surface area contributed by atoms with Crippen LogP contribution < -0.4 is 15.8 Å². The summed E-state index contributed by atoms with van der Waals surface area (Å²) in [5.74, 6) is 1.33. The normalized spacial score (nSPS) is 21.3. The quantitative estimate of drug-likeness (QED) is 0.845. The van der Waals surface area contributed by atoms with Crippen LogP contribution in [-0.2, 0) is 4.79 Å². The largest absolute Gasteiger partial charge is 0.493 e. The molecule has 2 unspecified atom stereocenters. The van der Waals surface area contributed by atoms with Gasteiger partial charge in [0.2, 0.25) is 5.91 Å². The van der Waals surface area contributed by atoms with Gasteiger partial charge in [0.05, 0.1) is 13.0 Å². The van der Waals surface area contributed by atoms with Crippen LogP contribution in [0.2, 0.25) is 0 Å². The third kappa shape index (κ3) is 4.74. The molecule has 2 rings (SSSR count). The number of hydrogen-bond acceptors (Lipinski definition) is 3. The highest BCUT2D eigenvalue weighted by Crippen LogP contribution is 2.24. The van der Waals surface area contributed by atoms with Crippen molar-refractivity contribution >= 4 is 5.91 Å². The minimum absolute atomic E-state index is 0.0599. The first-order valence-corrected chi connectivity index (χ1v) is 7.79. The van der Waals surface area contributed by atoms with Gasteiger partial charge in [0.15, 0.2) is 0 Å². The van der Waals surface area contributed by atoms with Gasteiger partial charge in [-0.25, -0.2) is 0 Å². The number of hydrogen-bond donors (Lipinski definition) is 2. The Morgan fingerprint density at radius 1 is 1.29 bits per heavy atom. The fourth-order valence-electron chi connectivity index (χ4n) is 3.07. The van der Waals surface area contributed by atoms with Crippen molar-refractivity contribution in [3.8, 4) is 5.75 Å². The van der Waals surface area contributed by atoms with E-state index in [9.17, 15) is 4.79 Å². The van der Waals surface area contributed by atoms with Crippen LogP contribution in [0.5, 0.6) is 5.75 Å². The predicted octanol–water partition coefficient (Wildman–Crippen LogP) is 2.32. The van der Waals surface area contributed by atoms with E-state index in [1.807, 2.05) is 26.0 Å². The lowest BCUT2D eigenvalue weighted by Gasteiger charge is -2.19. The fraction of sp³-hybridized carbons (Fsp3) is 0.588. The Kier molecular flexibility index (Phi) is 5.62. The molecule has 1 saturated carbocycles. The van der Waals surface area contributed by atoms with Crippen LogP contribution in [0.4, 0.5) is 0 Å². The minimum atomic E-state index is 0.0599. The summed E-state index contributed by atoms with van der Waals surface area (Å²) >= 11 is 0. The van der Waals surface area contributed by atoms with Crippen molar-refractivity contribution < 1.29 is 9.53 Å². The van der Waals surface area contributed by atoms with Gasteiger partial charge in [-0.3, -0.25) is 4.79 Å². The third-order valence-electron chi connectivity index (χ3n) is 4.10. The van der Waals surface area contributed by atoms with E-state index in [4.69, 9.17) is 10.5 Å². The first-order valence-electron chi connectivity index (χ1n) is 7.79. The van der Waals surface area contributed by atoms with Gasteiger partial charge in [0.1, 0.15) is 5.75 Å². The highest BCUT2D eigenvalue weighted by molar-refractivity contribution is 5.76. The van der Waals surface area contributed by atoms with E-state index in [-0.39, 0.29) is 11.9 Å². The monoisotopic (exact) mass is 290 g/mol. The summed E-state index contributed by atoms with van der Waals surface area (Å²) < 4.78 is 5.67. The maximum Gasteiger partial charge on any atom is 0.223 e. The first-order chi connectivity index (χ1) is 10.1. The molecule has 0 radical (unpaired) electrons. The second-order valence-corrected chi connectivity index (χ2v) is 6.02. The van der Waals surface area contributed by atoms with Gasteiger partial charge in [-0.1, -0.05) is 12.5 Å². The van der Waals surface area contributed by atoms with E-state index in [0.717, 1.165) is 25.0 Å². The molecule has 0 spiro atoms. The molecule has 0 aliphatic heterocycles. The molecular formula is C17H26N2O2. The van der Waals surface area contributed by atoms with Crippen LogP contribution in [0.3, 0.4) is 0 Å². The lowest BCUT2D eigenvalue weighted by molar-refractivity contribution is -0.122. The van der Waals surface area contributed by atoms with Crippen LogP contribution in [0.15, 0.2) is 18.2 Å². The molecular weight excluding hydrogens is 264 g/mol. The van der Waals surface area contributed by atoms with Crippen LogP contribution in [-0.4, -0.2) is 25.1 Å². The van der Waals surface area contributed by atoms with Crippen molar-refractivity contribution in [2.75, 3.05) is 13.2 Å². The molecule has 2 atom stereocenters. The molecule has 1 aromatic carbocycles. The Labute approximate surface area is 127 Å². The average molecular weight is 290 g/mol. The molecule has 1 aliphatic carbocycles. The van der Waals surface area contributed by atoms with E-state index in [0.29, 0.717) is 25.5 Å². The first kappa shape index (κ1) is 15.8. The van der Waals surface area contributed by atoms with Crippen LogP contribution in [0.1, 0.15) is 36.8 Å². The molecule has 0 heterocycles. The fourth-order valence-corrected chi connectivity index (χ4v) is 3.07. The van der Waals surface area contributed by atoms with Crippen molar-refractivity contribution in [3.05, 3.63) is 29.3 Å². The van der Waals surface area contributed by atoms with Crippen molar-refractivity contribution in [1.82, 2.24) is 5.32 Å².